The molecule has 0 heterocycles. The van der Waals surface area contributed by atoms with Crippen molar-refractivity contribution >= 4 is 5.78 Å². The molecule has 0 saturated heterocycles. The van der Waals surface area contributed by atoms with E-state index in [2.05, 4.69) is 4.74 Å². The predicted octanol–water partition coefficient (Wildman–Crippen LogP) is 3.18. The smallest absolute Gasteiger partial charge is 0.406 e. The molecule has 0 aromatic heterocycles. The quantitative estimate of drug-likeness (QED) is 0.728. The minimum atomic E-state index is -4.70. The van der Waals surface area contributed by atoms with Gasteiger partial charge in [0.2, 0.25) is 0 Å². The highest BCUT2D eigenvalue weighted by atomic mass is 19.4. The highest BCUT2D eigenvalue weighted by Gasteiger charge is 2.30. The standard InChI is InChI=1S/C10H9F3O2/c1-2-9(14)7-3-5-8(6-4-7)15-10(11,12)13/h3-6H,2H2,1H3. The van der Waals surface area contributed by atoms with Crippen molar-refractivity contribution < 1.29 is 22.7 Å². The molecule has 0 fully saturated rings. The molecule has 0 aliphatic rings. The lowest BCUT2D eigenvalue weighted by atomic mass is 10.1. The van der Waals surface area contributed by atoms with Gasteiger partial charge in [0.05, 0.1) is 0 Å². The molecule has 0 aliphatic carbocycles. The normalized spacial score (nSPS) is 11.2. The molecule has 0 atom stereocenters. The molecular weight excluding hydrogens is 209 g/mol. The molecule has 0 N–H and O–H groups in total. The van der Waals surface area contributed by atoms with E-state index in [4.69, 9.17) is 0 Å². The summed E-state index contributed by atoms with van der Waals surface area (Å²) >= 11 is 0. The number of ketones is 1. The first kappa shape index (κ1) is 11.6. The maximum atomic E-state index is 11.8. The first-order chi connectivity index (χ1) is 6.92. The Kier molecular flexibility index (Phi) is 3.34. The molecule has 5 heteroatoms. The highest BCUT2D eigenvalue weighted by Crippen LogP contribution is 2.22. The Morgan fingerprint density at radius 1 is 1.27 bits per heavy atom. The van der Waals surface area contributed by atoms with Gasteiger partial charge >= 0.3 is 6.36 Å². The van der Waals surface area contributed by atoms with E-state index < -0.39 is 6.36 Å². The largest absolute Gasteiger partial charge is 0.573 e. The van der Waals surface area contributed by atoms with Crippen LogP contribution in [0.25, 0.3) is 0 Å². The van der Waals surface area contributed by atoms with Crippen LogP contribution in [0.15, 0.2) is 24.3 Å². The van der Waals surface area contributed by atoms with Gasteiger partial charge in [-0.3, -0.25) is 4.79 Å². The molecule has 15 heavy (non-hydrogen) atoms. The summed E-state index contributed by atoms with van der Waals surface area (Å²) in [4.78, 5) is 11.1. The number of halogens is 3. The number of benzene rings is 1. The second kappa shape index (κ2) is 4.33. The van der Waals surface area contributed by atoms with Gasteiger partial charge in [-0.05, 0) is 24.3 Å². The summed E-state index contributed by atoms with van der Waals surface area (Å²) in [5.74, 6) is -0.441. The lowest BCUT2D eigenvalue weighted by molar-refractivity contribution is -0.274. The molecule has 0 saturated carbocycles. The van der Waals surface area contributed by atoms with Gasteiger partial charge in [-0.15, -0.1) is 13.2 Å². The third-order valence-corrected chi connectivity index (χ3v) is 1.73. The van der Waals surface area contributed by atoms with Gasteiger partial charge < -0.3 is 4.74 Å². The van der Waals surface area contributed by atoms with Gasteiger partial charge in [0.25, 0.3) is 0 Å². The average molecular weight is 218 g/mol. The van der Waals surface area contributed by atoms with Crippen LogP contribution in [0.4, 0.5) is 13.2 Å². The van der Waals surface area contributed by atoms with E-state index in [1.807, 2.05) is 0 Å². The zero-order chi connectivity index (χ0) is 11.5. The van der Waals surface area contributed by atoms with E-state index in [-0.39, 0.29) is 11.5 Å². The maximum Gasteiger partial charge on any atom is 0.573 e. The van der Waals surface area contributed by atoms with E-state index in [0.29, 0.717) is 12.0 Å². The van der Waals surface area contributed by atoms with Gasteiger partial charge in [0, 0.05) is 12.0 Å². The second-order valence-corrected chi connectivity index (χ2v) is 2.85. The number of rotatable bonds is 3. The monoisotopic (exact) mass is 218 g/mol. The Hall–Kier alpha value is -1.52. The van der Waals surface area contributed by atoms with Crippen LogP contribution in [-0.4, -0.2) is 12.1 Å². The lowest BCUT2D eigenvalue weighted by Gasteiger charge is -2.08. The Bertz CT molecular complexity index is 341. The van der Waals surface area contributed by atoms with Gasteiger partial charge in [0.15, 0.2) is 5.78 Å². The fraction of sp³-hybridized carbons (Fsp3) is 0.300. The minimum absolute atomic E-state index is 0.117. The molecule has 0 aliphatic heterocycles. The van der Waals surface area contributed by atoms with Gasteiger partial charge in [-0.1, -0.05) is 6.92 Å². The van der Waals surface area contributed by atoms with Crippen LogP contribution in [0, 0.1) is 0 Å². The van der Waals surface area contributed by atoms with Crippen molar-refractivity contribution in [2.24, 2.45) is 0 Å². The molecule has 0 amide bonds. The number of alkyl halides is 3. The zero-order valence-electron chi connectivity index (χ0n) is 7.97. The van der Waals surface area contributed by atoms with E-state index in [1.165, 1.54) is 12.1 Å². The van der Waals surface area contributed by atoms with Gasteiger partial charge in [-0.2, -0.15) is 0 Å². The first-order valence-electron chi connectivity index (χ1n) is 4.31. The summed E-state index contributed by atoms with van der Waals surface area (Å²) in [6, 6.07) is 4.87. The molecule has 0 unspecified atom stereocenters. The van der Waals surface area contributed by atoms with Crippen LogP contribution >= 0.6 is 0 Å². The molecule has 0 radical (unpaired) electrons. The van der Waals surface area contributed by atoms with Crippen molar-refractivity contribution in [1.82, 2.24) is 0 Å². The number of hydrogen-bond acceptors (Lipinski definition) is 2. The number of carbonyl (C=O) groups excluding carboxylic acids is 1. The van der Waals surface area contributed by atoms with E-state index in [9.17, 15) is 18.0 Å². The third-order valence-electron chi connectivity index (χ3n) is 1.73. The zero-order valence-corrected chi connectivity index (χ0v) is 7.97. The van der Waals surface area contributed by atoms with Crippen LogP contribution in [0.1, 0.15) is 23.7 Å². The third kappa shape index (κ3) is 3.61. The second-order valence-electron chi connectivity index (χ2n) is 2.85. The fourth-order valence-corrected chi connectivity index (χ4v) is 1.05. The minimum Gasteiger partial charge on any atom is -0.406 e. The molecule has 0 bridgehead atoms. The Morgan fingerprint density at radius 2 is 1.80 bits per heavy atom. The summed E-state index contributed by atoms with van der Waals surface area (Å²) in [6.45, 7) is 1.68. The first-order valence-corrected chi connectivity index (χ1v) is 4.31. The van der Waals surface area contributed by atoms with Crippen molar-refractivity contribution in [2.45, 2.75) is 19.7 Å². The Balaban J connectivity index is 2.77. The number of carbonyl (C=O) groups is 1. The Morgan fingerprint density at radius 3 is 2.20 bits per heavy atom. The average Bonchev–Trinajstić information content (AvgIpc) is 2.15. The molecule has 2 nitrogen and oxygen atoms in total. The molecule has 1 aromatic carbocycles. The van der Waals surface area contributed by atoms with Crippen LogP contribution in [-0.2, 0) is 0 Å². The number of hydrogen-bond donors (Lipinski definition) is 0. The van der Waals surface area contributed by atoms with E-state index in [1.54, 1.807) is 6.92 Å². The summed E-state index contributed by atoms with van der Waals surface area (Å²) in [6.07, 6.45) is -4.38. The van der Waals surface area contributed by atoms with Crippen molar-refractivity contribution in [2.75, 3.05) is 0 Å². The summed E-state index contributed by atoms with van der Waals surface area (Å²) < 4.78 is 39.0. The van der Waals surface area contributed by atoms with Crippen LogP contribution in [0.2, 0.25) is 0 Å². The van der Waals surface area contributed by atoms with Gasteiger partial charge in [-0.25, -0.2) is 0 Å². The van der Waals surface area contributed by atoms with Crippen LogP contribution < -0.4 is 4.74 Å². The maximum absolute atomic E-state index is 11.8. The van der Waals surface area contributed by atoms with Crippen molar-refractivity contribution in [3.63, 3.8) is 0 Å². The molecule has 82 valence electrons. The van der Waals surface area contributed by atoms with E-state index in [0.717, 1.165) is 12.1 Å². The SMILES string of the molecule is CCC(=O)c1ccc(OC(F)(F)F)cc1. The number of ether oxygens (including phenoxy) is 1. The molecule has 1 rings (SSSR count). The topological polar surface area (TPSA) is 26.3 Å². The van der Waals surface area contributed by atoms with Crippen molar-refractivity contribution in [1.29, 1.82) is 0 Å². The van der Waals surface area contributed by atoms with E-state index >= 15 is 0 Å². The lowest BCUT2D eigenvalue weighted by Crippen LogP contribution is -2.17. The fourth-order valence-electron chi connectivity index (χ4n) is 1.05. The van der Waals surface area contributed by atoms with Crippen molar-refractivity contribution in [3.05, 3.63) is 29.8 Å². The summed E-state index contributed by atoms with van der Waals surface area (Å²) in [5.41, 5.74) is 0.382. The summed E-state index contributed by atoms with van der Waals surface area (Å²) in [7, 11) is 0. The van der Waals surface area contributed by atoms with Gasteiger partial charge in [0.1, 0.15) is 5.75 Å². The molecule has 1 aromatic rings. The van der Waals surface area contributed by atoms with Crippen LogP contribution in [0.3, 0.4) is 0 Å². The molecule has 0 spiro atoms. The number of Topliss-reactive ketones (excluding diaryl/α,β-unsaturated/α-hetero) is 1. The van der Waals surface area contributed by atoms with Crippen molar-refractivity contribution in [3.8, 4) is 5.75 Å². The Labute approximate surface area is 84.7 Å². The molecular formula is C10H9F3O2. The van der Waals surface area contributed by atoms with Crippen LogP contribution in [0.5, 0.6) is 5.75 Å². The summed E-state index contributed by atoms with van der Waals surface area (Å²) in [5, 5.41) is 0. The predicted molar refractivity (Wildman–Crippen MR) is 47.7 cm³/mol. The highest BCUT2D eigenvalue weighted by molar-refractivity contribution is 5.95.